The summed E-state index contributed by atoms with van der Waals surface area (Å²) >= 11 is 0. The molecule has 208 valence electrons. The molecule has 2 fully saturated rings. The standard InChI is InChI=1S/C33H56O2Si2/c1-14-33(35-37(12,13)31(6,7)8)20-18-28-29-23(2)21-24-22-25(34-36(10,11)30(3,4)5)15-16-26(24)27(29)17-19-32(28,33)9/h1,22-23,27-29H,15-21H2,2-13H3. The van der Waals surface area contributed by atoms with Gasteiger partial charge in [-0.1, -0.05) is 66.9 Å². The molecule has 0 radical (unpaired) electrons. The molecule has 4 heteroatoms. The topological polar surface area (TPSA) is 18.5 Å². The van der Waals surface area contributed by atoms with Gasteiger partial charge >= 0.3 is 0 Å². The summed E-state index contributed by atoms with van der Waals surface area (Å²) in [6.07, 6.45) is 17.1. The van der Waals surface area contributed by atoms with Crippen LogP contribution in [0.15, 0.2) is 23.0 Å². The van der Waals surface area contributed by atoms with Crippen molar-refractivity contribution in [2.45, 2.75) is 142 Å². The third-order valence-corrected chi connectivity index (χ3v) is 21.0. The van der Waals surface area contributed by atoms with Crippen LogP contribution in [0, 0.1) is 41.4 Å². The first kappa shape index (κ1) is 29.2. The highest BCUT2D eigenvalue weighted by atomic mass is 28.4. The van der Waals surface area contributed by atoms with Crippen LogP contribution in [0.5, 0.6) is 0 Å². The van der Waals surface area contributed by atoms with Crippen LogP contribution >= 0.6 is 0 Å². The number of fused-ring (bicyclic) bond motifs is 4. The maximum atomic E-state index is 7.25. The van der Waals surface area contributed by atoms with E-state index in [4.69, 9.17) is 15.3 Å². The van der Waals surface area contributed by atoms with Crippen molar-refractivity contribution in [1.29, 1.82) is 0 Å². The molecule has 0 amide bonds. The second-order valence-electron chi connectivity index (χ2n) is 16.3. The van der Waals surface area contributed by atoms with Crippen LogP contribution in [0.4, 0.5) is 0 Å². The van der Waals surface area contributed by atoms with Crippen LogP contribution < -0.4 is 0 Å². The Balaban J connectivity index is 1.62. The molecule has 0 N–H and O–H groups in total. The molecule has 37 heavy (non-hydrogen) atoms. The van der Waals surface area contributed by atoms with Gasteiger partial charge in [0.2, 0.25) is 8.32 Å². The van der Waals surface area contributed by atoms with Crippen molar-refractivity contribution in [1.82, 2.24) is 0 Å². The monoisotopic (exact) mass is 540 g/mol. The zero-order chi connectivity index (χ0) is 27.8. The van der Waals surface area contributed by atoms with E-state index in [0.717, 1.165) is 18.8 Å². The molecule has 6 atom stereocenters. The van der Waals surface area contributed by atoms with Gasteiger partial charge in [0.1, 0.15) is 5.60 Å². The molecular weight excluding hydrogens is 485 g/mol. The van der Waals surface area contributed by atoms with Crippen molar-refractivity contribution in [2.75, 3.05) is 0 Å². The molecule has 0 aliphatic heterocycles. The Morgan fingerprint density at radius 1 is 0.946 bits per heavy atom. The van der Waals surface area contributed by atoms with E-state index in [1.165, 1.54) is 37.9 Å². The van der Waals surface area contributed by atoms with Gasteiger partial charge in [0.25, 0.3) is 0 Å². The van der Waals surface area contributed by atoms with E-state index in [2.05, 4.69) is 93.6 Å². The van der Waals surface area contributed by atoms with E-state index in [-0.39, 0.29) is 15.5 Å². The van der Waals surface area contributed by atoms with Crippen LogP contribution in [0.1, 0.15) is 100 Å². The van der Waals surface area contributed by atoms with Gasteiger partial charge in [0.15, 0.2) is 8.32 Å². The smallest absolute Gasteiger partial charge is 0.250 e. The summed E-state index contributed by atoms with van der Waals surface area (Å²) in [5, 5.41) is 0.402. The zero-order valence-corrected chi connectivity index (χ0v) is 28.2. The Morgan fingerprint density at radius 2 is 1.57 bits per heavy atom. The van der Waals surface area contributed by atoms with Gasteiger partial charge < -0.3 is 8.85 Å². The quantitative estimate of drug-likeness (QED) is 0.261. The Labute approximate surface area is 231 Å². The minimum atomic E-state index is -1.99. The van der Waals surface area contributed by atoms with Crippen LogP contribution in [0.2, 0.25) is 36.3 Å². The first-order valence-electron chi connectivity index (χ1n) is 15.1. The van der Waals surface area contributed by atoms with Gasteiger partial charge in [-0.05, 0) is 110 Å². The molecule has 4 aliphatic carbocycles. The van der Waals surface area contributed by atoms with Crippen LogP contribution in [-0.2, 0) is 8.85 Å². The summed E-state index contributed by atoms with van der Waals surface area (Å²) in [7, 11) is -3.79. The van der Waals surface area contributed by atoms with Crippen molar-refractivity contribution in [3.8, 4) is 12.3 Å². The number of hydrogen-bond acceptors (Lipinski definition) is 2. The van der Waals surface area contributed by atoms with Crippen molar-refractivity contribution in [2.24, 2.45) is 29.1 Å². The normalized spacial score (nSPS) is 36.8. The predicted octanol–water partition coefficient (Wildman–Crippen LogP) is 9.86. The van der Waals surface area contributed by atoms with E-state index < -0.39 is 22.2 Å². The molecule has 4 aliphatic rings. The Kier molecular flexibility index (Phi) is 7.21. The largest absolute Gasteiger partial charge is 0.546 e. The lowest BCUT2D eigenvalue weighted by Crippen LogP contribution is -2.58. The van der Waals surface area contributed by atoms with Crippen molar-refractivity contribution < 1.29 is 8.85 Å². The van der Waals surface area contributed by atoms with E-state index in [1.54, 1.807) is 11.1 Å². The Bertz CT molecular complexity index is 1010. The highest BCUT2D eigenvalue weighted by Crippen LogP contribution is 2.67. The average Bonchev–Trinajstić information content (AvgIpc) is 3.03. The molecule has 0 aromatic heterocycles. The molecule has 0 spiro atoms. The lowest BCUT2D eigenvalue weighted by Gasteiger charge is -2.57. The van der Waals surface area contributed by atoms with E-state index >= 15 is 0 Å². The predicted molar refractivity (Wildman–Crippen MR) is 163 cm³/mol. The van der Waals surface area contributed by atoms with Gasteiger partial charge in [-0.15, -0.1) is 6.42 Å². The van der Waals surface area contributed by atoms with Gasteiger partial charge in [-0.3, -0.25) is 0 Å². The van der Waals surface area contributed by atoms with Crippen LogP contribution in [0.3, 0.4) is 0 Å². The highest BCUT2D eigenvalue weighted by Gasteiger charge is 2.65. The highest BCUT2D eigenvalue weighted by molar-refractivity contribution is 6.74. The van der Waals surface area contributed by atoms with Gasteiger partial charge in [-0.25, -0.2) is 0 Å². The SMILES string of the molecule is C#CC1(O[Si](C)(C)C(C)(C)C)CCC2C3C(C)CC4=C(CCC(O[Si](C)(C)C(C)(C)C)=C4)C3CCC21C. The number of terminal acetylenes is 1. The third kappa shape index (κ3) is 4.68. The minimum Gasteiger partial charge on any atom is -0.546 e. The maximum Gasteiger partial charge on any atom is 0.250 e. The summed E-state index contributed by atoms with van der Waals surface area (Å²) in [4.78, 5) is 0. The maximum absolute atomic E-state index is 7.25. The molecule has 0 bridgehead atoms. The lowest BCUT2D eigenvalue weighted by atomic mass is 9.50. The number of allylic oxidation sites excluding steroid dienone is 4. The summed E-state index contributed by atoms with van der Waals surface area (Å²) in [6.45, 7) is 28.6. The fourth-order valence-electron chi connectivity index (χ4n) is 7.85. The second-order valence-corrected chi connectivity index (χ2v) is 25.8. The van der Waals surface area contributed by atoms with E-state index in [0.29, 0.717) is 17.8 Å². The lowest BCUT2D eigenvalue weighted by molar-refractivity contribution is -0.0730. The summed E-state index contributed by atoms with van der Waals surface area (Å²) in [5.74, 6) is 7.36. The van der Waals surface area contributed by atoms with Crippen molar-refractivity contribution >= 4 is 16.6 Å². The van der Waals surface area contributed by atoms with Gasteiger partial charge in [0, 0.05) is 11.8 Å². The van der Waals surface area contributed by atoms with Crippen molar-refractivity contribution in [3.63, 3.8) is 0 Å². The fraction of sp³-hybridized carbons (Fsp3) is 0.818. The number of hydrogen-bond donors (Lipinski definition) is 0. The first-order chi connectivity index (χ1) is 16.8. The van der Waals surface area contributed by atoms with Gasteiger partial charge in [0.05, 0.1) is 5.76 Å². The molecule has 2 nitrogen and oxygen atoms in total. The van der Waals surface area contributed by atoms with E-state index in [9.17, 15) is 0 Å². The molecule has 4 rings (SSSR count). The summed E-state index contributed by atoms with van der Waals surface area (Å²) in [5.41, 5.74) is 3.04. The second kappa shape index (κ2) is 9.13. The minimum absolute atomic E-state index is 0.0753. The van der Waals surface area contributed by atoms with Crippen LogP contribution in [-0.4, -0.2) is 22.2 Å². The van der Waals surface area contributed by atoms with Crippen LogP contribution in [0.25, 0.3) is 0 Å². The molecule has 0 saturated heterocycles. The number of rotatable bonds is 4. The summed E-state index contributed by atoms with van der Waals surface area (Å²) < 4.78 is 14.0. The molecule has 6 unspecified atom stereocenters. The molecule has 2 saturated carbocycles. The fourth-order valence-corrected chi connectivity index (χ4v) is 10.5. The third-order valence-electron chi connectivity index (χ3n) is 12.1. The molecule has 0 heterocycles. The van der Waals surface area contributed by atoms with Crippen molar-refractivity contribution in [3.05, 3.63) is 23.0 Å². The Morgan fingerprint density at radius 3 is 2.14 bits per heavy atom. The summed E-state index contributed by atoms with van der Waals surface area (Å²) in [6, 6.07) is 0. The molecule has 0 aromatic carbocycles. The first-order valence-corrected chi connectivity index (χ1v) is 20.9. The Hall–Kier alpha value is -0.766. The molecular formula is C33H56O2Si2. The molecule has 0 aromatic rings. The van der Waals surface area contributed by atoms with E-state index in [1.807, 2.05) is 0 Å². The average molecular weight is 541 g/mol. The van der Waals surface area contributed by atoms with Gasteiger partial charge in [-0.2, -0.15) is 0 Å². The zero-order valence-electron chi connectivity index (χ0n) is 26.2.